The van der Waals surface area contributed by atoms with Gasteiger partial charge in [0.15, 0.2) is 22.5 Å². The first-order valence-corrected chi connectivity index (χ1v) is 14.9. The molecule has 1 fully saturated rings. The van der Waals surface area contributed by atoms with E-state index in [1.165, 1.54) is 10.9 Å². The summed E-state index contributed by atoms with van der Waals surface area (Å²) in [4.78, 5) is 18.6. The van der Waals surface area contributed by atoms with Crippen molar-refractivity contribution in [1.29, 1.82) is 0 Å². The van der Waals surface area contributed by atoms with Crippen molar-refractivity contribution < 1.29 is 18.3 Å². The number of carbonyl (C=O) groups is 1. The summed E-state index contributed by atoms with van der Waals surface area (Å²) in [5.41, 5.74) is 0.792. The minimum Gasteiger partial charge on any atom is -0.482 e. The minimum absolute atomic E-state index is 0.00673. The molecule has 1 unspecified atom stereocenters. The normalized spacial score (nSPS) is 17.0. The predicted molar refractivity (Wildman–Crippen MR) is 152 cm³/mol. The number of amides is 1. The van der Waals surface area contributed by atoms with Crippen LogP contribution in [0.3, 0.4) is 0 Å². The van der Waals surface area contributed by atoms with Crippen LogP contribution in [-0.2, 0) is 17.9 Å². The molecule has 1 aliphatic carbocycles. The lowest BCUT2D eigenvalue weighted by Gasteiger charge is -2.26. The Labute approximate surface area is 245 Å². The zero-order valence-electron chi connectivity index (χ0n) is 22.9. The van der Waals surface area contributed by atoms with Gasteiger partial charge in [0.1, 0.15) is 24.7 Å². The van der Waals surface area contributed by atoms with Gasteiger partial charge < -0.3 is 9.64 Å². The molecule has 1 aromatic carbocycles. The maximum Gasteiger partial charge on any atom is 0.244 e. The van der Waals surface area contributed by atoms with Gasteiger partial charge in [-0.2, -0.15) is 0 Å². The molecule has 3 aromatic heterocycles. The lowest BCUT2D eigenvalue weighted by molar-refractivity contribution is -0.132. The fourth-order valence-corrected chi connectivity index (χ4v) is 6.24. The van der Waals surface area contributed by atoms with E-state index in [0.29, 0.717) is 11.0 Å². The number of aromatic nitrogens is 7. The summed E-state index contributed by atoms with van der Waals surface area (Å²) in [6, 6.07) is 5.69. The first-order chi connectivity index (χ1) is 20.5. The van der Waals surface area contributed by atoms with E-state index in [4.69, 9.17) is 4.74 Å². The highest BCUT2D eigenvalue weighted by molar-refractivity contribution is 7.99. The third kappa shape index (κ3) is 6.35. The smallest absolute Gasteiger partial charge is 0.244 e. The molecule has 1 aliphatic heterocycles. The number of thioether (sulfide) groups is 1. The average molecular weight is 593 g/mol. The standard InChI is InChI=1S/C29H30F2N8O2S/c30-23-15-26(24(31)14-22(23)25-17-38(36-33-25)18-28(40)37-12-5-2-6-13-37)41-19-27-34-35-29(42-21-9-3-1-4-10-21)39(27)20-8-7-11-32-16-20/h3,7-9,11,14-17,21H,1-2,4-6,10,12-13,18-19H2. The highest BCUT2D eigenvalue weighted by atomic mass is 32.2. The van der Waals surface area contributed by atoms with Crippen molar-refractivity contribution in [3.63, 3.8) is 0 Å². The van der Waals surface area contributed by atoms with Crippen LogP contribution < -0.4 is 4.74 Å². The summed E-state index contributed by atoms with van der Waals surface area (Å²) in [5.74, 6) is -1.41. The first-order valence-electron chi connectivity index (χ1n) is 14.0. The lowest BCUT2D eigenvalue weighted by atomic mass is 10.1. The van der Waals surface area contributed by atoms with E-state index in [1.807, 2.05) is 16.7 Å². The van der Waals surface area contributed by atoms with Crippen molar-refractivity contribution in [2.75, 3.05) is 13.1 Å². The molecule has 13 heteroatoms. The van der Waals surface area contributed by atoms with E-state index in [1.54, 1.807) is 29.1 Å². The Bertz CT molecular complexity index is 1570. The van der Waals surface area contributed by atoms with Gasteiger partial charge >= 0.3 is 0 Å². The fraction of sp³-hybridized carbons (Fsp3) is 0.379. The monoisotopic (exact) mass is 592 g/mol. The molecular weight excluding hydrogens is 562 g/mol. The molecule has 1 atom stereocenters. The second kappa shape index (κ2) is 12.8. The molecule has 0 saturated carbocycles. The van der Waals surface area contributed by atoms with Crippen LogP contribution in [0.1, 0.15) is 44.3 Å². The predicted octanol–water partition coefficient (Wildman–Crippen LogP) is 4.99. The summed E-state index contributed by atoms with van der Waals surface area (Å²) in [5, 5.41) is 17.5. The summed E-state index contributed by atoms with van der Waals surface area (Å²) >= 11 is 1.59. The molecule has 1 saturated heterocycles. The highest BCUT2D eigenvalue weighted by Gasteiger charge is 2.22. The highest BCUT2D eigenvalue weighted by Crippen LogP contribution is 2.32. The number of hydrogen-bond donors (Lipinski definition) is 0. The molecule has 0 spiro atoms. The second-order valence-electron chi connectivity index (χ2n) is 10.3. The zero-order valence-corrected chi connectivity index (χ0v) is 23.7. The second-order valence-corrected chi connectivity index (χ2v) is 11.5. The van der Waals surface area contributed by atoms with Crippen molar-refractivity contribution in [3.8, 4) is 22.7 Å². The molecule has 0 bridgehead atoms. The van der Waals surface area contributed by atoms with E-state index in [9.17, 15) is 4.79 Å². The Morgan fingerprint density at radius 1 is 1.07 bits per heavy atom. The molecule has 4 aromatic rings. The van der Waals surface area contributed by atoms with E-state index in [2.05, 4.69) is 37.6 Å². The molecule has 1 amide bonds. The number of halogens is 2. The van der Waals surface area contributed by atoms with E-state index in [-0.39, 0.29) is 41.3 Å². The third-order valence-electron chi connectivity index (χ3n) is 7.27. The van der Waals surface area contributed by atoms with Gasteiger partial charge in [0.2, 0.25) is 5.91 Å². The lowest BCUT2D eigenvalue weighted by Crippen LogP contribution is -2.37. The topological polar surface area (TPSA) is 104 Å². The van der Waals surface area contributed by atoms with Crippen LogP contribution in [0, 0.1) is 11.6 Å². The number of hydrogen-bond acceptors (Lipinski definition) is 8. The number of piperidine rings is 1. The Hall–Kier alpha value is -4.13. The van der Waals surface area contributed by atoms with Gasteiger partial charge in [0.25, 0.3) is 0 Å². The fourth-order valence-electron chi connectivity index (χ4n) is 5.09. The van der Waals surface area contributed by atoms with Crippen LogP contribution in [0.4, 0.5) is 8.78 Å². The summed E-state index contributed by atoms with van der Waals surface area (Å²) < 4.78 is 39.2. The van der Waals surface area contributed by atoms with Crippen LogP contribution in [0.2, 0.25) is 0 Å². The molecule has 0 N–H and O–H groups in total. The quantitative estimate of drug-likeness (QED) is 0.251. The molecule has 42 heavy (non-hydrogen) atoms. The number of carbonyl (C=O) groups excluding carboxylic acids is 1. The number of allylic oxidation sites excluding steroid dienone is 1. The molecule has 10 nitrogen and oxygen atoms in total. The van der Waals surface area contributed by atoms with Gasteiger partial charge in [-0.3, -0.25) is 14.3 Å². The Balaban J connectivity index is 1.17. The van der Waals surface area contributed by atoms with E-state index >= 15 is 8.78 Å². The van der Waals surface area contributed by atoms with Crippen molar-refractivity contribution in [1.82, 2.24) is 39.6 Å². The van der Waals surface area contributed by atoms with E-state index in [0.717, 1.165) is 69.4 Å². The third-order valence-corrected chi connectivity index (χ3v) is 8.44. The van der Waals surface area contributed by atoms with Crippen molar-refractivity contribution in [2.24, 2.45) is 0 Å². The summed E-state index contributed by atoms with van der Waals surface area (Å²) in [6.45, 7) is 1.29. The number of likely N-dealkylation sites (tertiary alicyclic amines) is 1. The number of ether oxygens (including phenoxy) is 1. The van der Waals surface area contributed by atoms with Crippen LogP contribution in [0.25, 0.3) is 16.9 Å². The summed E-state index contributed by atoms with van der Waals surface area (Å²) in [7, 11) is 0. The van der Waals surface area contributed by atoms with Crippen molar-refractivity contribution >= 4 is 17.7 Å². The Morgan fingerprint density at radius 2 is 1.95 bits per heavy atom. The molecular formula is C29H30F2N8O2S. The van der Waals surface area contributed by atoms with Crippen LogP contribution in [0.15, 0.2) is 60.2 Å². The number of rotatable bonds is 9. The SMILES string of the molecule is O=C(Cn1cc(-c2cc(F)c(OCc3nnc(SC4C=CCCC4)n3-c3cccnc3)cc2F)nn1)N1CCCCC1. The van der Waals surface area contributed by atoms with Gasteiger partial charge in [0.05, 0.1) is 18.1 Å². The minimum atomic E-state index is -0.764. The molecule has 2 aliphatic rings. The van der Waals surface area contributed by atoms with Crippen molar-refractivity contribution in [3.05, 3.63) is 72.5 Å². The maximum atomic E-state index is 15.2. The van der Waals surface area contributed by atoms with E-state index < -0.39 is 11.6 Å². The number of nitrogens with zero attached hydrogens (tertiary/aromatic N) is 8. The van der Waals surface area contributed by atoms with Crippen molar-refractivity contribution in [2.45, 2.75) is 62.1 Å². The van der Waals surface area contributed by atoms with Crippen LogP contribution in [0.5, 0.6) is 5.75 Å². The number of benzene rings is 1. The number of pyridine rings is 1. The molecule has 218 valence electrons. The van der Waals surface area contributed by atoms with Crippen LogP contribution >= 0.6 is 11.8 Å². The average Bonchev–Trinajstić information content (AvgIpc) is 3.65. The van der Waals surface area contributed by atoms with Gasteiger partial charge in [-0.05, 0) is 56.7 Å². The largest absolute Gasteiger partial charge is 0.482 e. The zero-order chi connectivity index (χ0) is 28.9. The summed E-state index contributed by atoms with van der Waals surface area (Å²) in [6.07, 6.45) is 15.4. The molecule has 0 radical (unpaired) electrons. The van der Waals surface area contributed by atoms with Gasteiger partial charge in [0, 0.05) is 36.2 Å². The first kappa shape index (κ1) is 28.0. The van der Waals surface area contributed by atoms with Gasteiger partial charge in [-0.25, -0.2) is 13.5 Å². The Morgan fingerprint density at radius 3 is 2.74 bits per heavy atom. The molecule has 4 heterocycles. The molecule has 6 rings (SSSR count). The Kier molecular flexibility index (Phi) is 8.54. The van der Waals surface area contributed by atoms with Gasteiger partial charge in [-0.1, -0.05) is 29.1 Å². The van der Waals surface area contributed by atoms with Crippen LogP contribution in [-0.4, -0.2) is 63.9 Å². The maximum absolute atomic E-state index is 15.2. The van der Waals surface area contributed by atoms with Gasteiger partial charge in [-0.15, -0.1) is 15.3 Å².